The molecule has 2 aromatic heterocycles. The Balaban J connectivity index is 1.15. The number of hydrogen-bond acceptors (Lipinski definition) is 9. The molecule has 242 valence electrons. The minimum absolute atomic E-state index is 0.130. The van der Waals surface area contributed by atoms with Crippen molar-refractivity contribution in [1.82, 2.24) is 29.5 Å². The number of nitrogens with zero attached hydrogens (tertiary/aromatic N) is 7. The van der Waals surface area contributed by atoms with Crippen LogP contribution < -0.4 is 10.5 Å². The number of benzene rings is 2. The number of amides is 1. The second-order valence-electron chi connectivity index (χ2n) is 13.0. The first-order valence-electron chi connectivity index (χ1n) is 16.0. The maximum Gasteiger partial charge on any atom is 0.264 e. The van der Waals surface area contributed by atoms with E-state index in [2.05, 4.69) is 34.8 Å². The third-order valence-electron chi connectivity index (χ3n) is 9.22. The molecule has 3 fully saturated rings. The lowest BCUT2D eigenvalue weighted by molar-refractivity contribution is -0.127. The summed E-state index contributed by atoms with van der Waals surface area (Å²) < 4.78 is 28.6. The first kappa shape index (κ1) is 30.8. The molecular formula is C35H37FN8O3. The minimum atomic E-state index is -0.536. The van der Waals surface area contributed by atoms with Gasteiger partial charge in [-0.3, -0.25) is 9.69 Å². The van der Waals surface area contributed by atoms with Crippen LogP contribution in [0.5, 0.6) is 11.5 Å². The number of nitrogens with two attached hydrogens (primary N) is 1. The zero-order valence-corrected chi connectivity index (χ0v) is 26.5. The third kappa shape index (κ3) is 6.04. The molecule has 0 radical (unpaired) electrons. The molecule has 1 unspecified atom stereocenters. The highest BCUT2D eigenvalue weighted by atomic mass is 19.1. The fourth-order valence-corrected chi connectivity index (χ4v) is 6.91. The summed E-state index contributed by atoms with van der Waals surface area (Å²) in [6.45, 7) is 6.29. The van der Waals surface area contributed by atoms with Gasteiger partial charge in [-0.25, -0.2) is 19.0 Å². The number of fused-ring (bicyclic) bond motifs is 1. The van der Waals surface area contributed by atoms with Gasteiger partial charge >= 0.3 is 0 Å². The van der Waals surface area contributed by atoms with E-state index in [-0.39, 0.29) is 34.9 Å². The average molecular weight is 637 g/mol. The van der Waals surface area contributed by atoms with Crippen LogP contribution in [0.15, 0.2) is 66.5 Å². The second-order valence-corrected chi connectivity index (χ2v) is 13.0. The van der Waals surface area contributed by atoms with E-state index in [1.54, 1.807) is 33.8 Å². The molecule has 7 rings (SSSR count). The fraction of sp³-hybridized carbons (Fsp3) is 0.400. The first-order valence-corrected chi connectivity index (χ1v) is 16.0. The standard InChI is InChI=1S/C35H37FN8O3/c1-35(2,44(23-10-11-23)25-19-46-20-25)16-22(17-37)34(45)42-14-6-7-24(42)18-43-33-30(32(38)39-21-40-33)31(41-43)28-13-12-27(15-29(28)36)47-26-8-4-3-5-9-26/h3-5,8-9,12-13,15-16,21,23-25H,6-7,10-11,14,18-20H2,1-2H3,(H2,38,39,40)/b22-16+. The molecule has 0 spiro atoms. The number of carbonyl (C=O) groups is 1. The SMILES string of the molecule is CC(C)(/C=C(\C#N)C(=O)N1CCCC1Cn1nc(-c2ccc(Oc3ccccc3)cc2F)c2c(N)ncnc21)N(C1CC1)C1COC1. The van der Waals surface area contributed by atoms with Crippen molar-refractivity contribution in [2.75, 3.05) is 25.5 Å². The Morgan fingerprint density at radius 1 is 1.15 bits per heavy atom. The number of likely N-dealkylation sites (tertiary alicyclic amines) is 1. The van der Waals surface area contributed by atoms with Gasteiger partial charge in [0.1, 0.15) is 46.8 Å². The third-order valence-corrected chi connectivity index (χ3v) is 9.22. The van der Waals surface area contributed by atoms with Crippen LogP contribution in [-0.2, 0) is 16.1 Å². The van der Waals surface area contributed by atoms with Crippen LogP contribution >= 0.6 is 0 Å². The van der Waals surface area contributed by atoms with Crippen molar-refractivity contribution in [1.29, 1.82) is 5.26 Å². The molecule has 3 aliphatic rings. The fourth-order valence-electron chi connectivity index (χ4n) is 6.91. The molecule has 12 heteroatoms. The number of halogens is 1. The second kappa shape index (κ2) is 12.4. The summed E-state index contributed by atoms with van der Waals surface area (Å²) in [5.41, 5.74) is 6.92. The summed E-state index contributed by atoms with van der Waals surface area (Å²) in [5, 5.41) is 15.4. The summed E-state index contributed by atoms with van der Waals surface area (Å²) >= 11 is 0. The van der Waals surface area contributed by atoms with Crippen LogP contribution in [0, 0.1) is 17.1 Å². The van der Waals surface area contributed by atoms with Gasteiger partial charge in [-0.1, -0.05) is 18.2 Å². The molecule has 2 aromatic carbocycles. The number of ether oxygens (including phenoxy) is 2. The number of nitriles is 1. The van der Waals surface area contributed by atoms with E-state index in [0.29, 0.717) is 60.6 Å². The number of aromatic nitrogens is 4. The van der Waals surface area contributed by atoms with E-state index in [1.807, 2.05) is 24.3 Å². The van der Waals surface area contributed by atoms with Gasteiger partial charge < -0.3 is 20.1 Å². The van der Waals surface area contributed by atoms with Gasteiger partial charge in [0.25, 0.3) is 5.91 Å². The molecule has 2 aliphatic heterocycles. The summed E-state index contributed by atoms with van der Waals surface area (Å²) in [6, 6.07) is 16.4. The molecule has 0 bridgehead atoms. The minimum Gasteiger partial charge on any atom is -0.457 e. The Morgan fingerprint density at radius 2 is 1.94 bits per heavy atom. The predicted molar refractivity (Wildman–Crippen MR) is 174 cm³/mol. The van der Waals surface area contributed by atoms with Gasteiger partial charge in [-0.2, -0.15) is 10.4 Å². The van der Waals surface area contributed by atoms with E-state index in [9.17, 15) is 10.1 Å². The van der Waals surface area contributed by atoms with Gasteiger partial charge in [0, 0.05) is 29.8 Å². The first-order chi connectivity index (χ1) is 22.7. The molecule has 2 saturated heterocycles. The van der Waals surface area contributed by atoms with Gasteiger partial charge in [-0.05, 0) is 69.9 Å². The lowest BCUT2D eigenvalue weighted by Gasteiger charge is -2.46. The number of hydrogen-bond donors (Lipinski definition) is 1. The Morgan fingerprint density at radius 3 is 2.62 bits per heavy atom. The van der Waals surface area contributed by atoms with E-state index in [1.165, 1.54) is 12.4 Å². The average Bonchev–Trinajstić information content (AvgIpc) is 3.64. The van der Waals surface area contributed by atoms with Crippen molar-refractivity contribution in [3.63, 3.8) is 0 Å². The molecule has 1 aliphatic carbocycles. The van der Waals surface area contributed by atoms with Gasteiger partial charge in [0.2, 0.25) is 0 Å². The zero-order valence-electron chi connectivity index (χ0n) is 26.5. The summed E-state index contributed by atoms with van der Waals surface area (Å²) in [7, 11) is 0. The normalized spacial score (nSPS) is 18.8. The van der Waals surface area contributed by atoms with Crippen LogP contribution in [0.3, 0.4) is 0 Å². The molecule has 1 saturated carbocycles. The lowest BCUT2D eigenvalue weighted by atomic mass is 9.95. The zero-order chi connectivity index (χ0) is 32.7. The number of para-hydroxylation sites is 1. The van der Waals surface area contributed by atoms with E-state index >= 15 is 4.39 Å². The van der Waals surface area contributed by atoms with E-state index in [4.69, 9.17) is 20.3 Å². The quantitative estimate of drug-likeness (QED) is 0.187. The van der Waals surface area contributed by atoms with Crippen molar-refractivity contribution in [2.24, 2.45) is 0 Å². The van der Waals surface area contributed by atoms with Crippen LogP contribution in [0.25, 0.3) is 22.3 Å². The molecule has 4 heterocycles. The highest BCUT2D eigenvalue weighted by Crippen LogP contribution is 2.38. The van der Waals surface area contributed by atoms with Crippen molar-refractivity contribution in [2.45, 2.75) is 69.7 Å². The molecule has 2 N–H and O–H groups in total. The number of rotatable bonds is 10. The maximum atomic E-state index is 15.6. The van der Waals surface area contributed by atoms with Crippen LogP contribution in [0.1, 0.15) is 39.5 Å². The van der Waals surface area contributed by atoms with Crippen molar-refractivity contribution in [3.05, 3.63) is 72.3 Å². The Kier molecular flexibility index (Phi) is 8.11. The molecule has 4 aromatic rings. The number of carbonyl (C=O) groups excluding carboxylic acids is 1. The van der Waals surface area contributed by atoms with Gasteiger partial charge in [0.15, 0.2) is 5.65 Å². The van der Waals surface area contributed by atoms with Crippen molar-refractivity contribution in [3.8, 4) is 28.8 Å². The molecule has 1 atom stereocenters. The van der Waals surface area contributed by atoms with Crippen LogP contribution in [0.4, 0.5) is 10.2 Å². The maximum absolute atomic E-state index is 15.6. The highest BCUT2D eigenvalue weighted by Gasteiger charge is 2.45. The lowest BCUT2D eigenvalue weighted by Crippen LogP contribution is -2.58. The van der Waals surface area contributed by atoms with Gasteiger partial charge in [-0.15, -0.1) is 0 Å². The van der Waals surface area contributed by atoms with E-state index in [0.717, 1.165) is 25.7 Å². The monoisotopic (exact) mass is 636 g/mol. The highest BCUT2D eigenvalue weighted by molar-refractivity contribution is 5.99. The molecule has 1 amide bonds. The summed E-state index contributed by atoms with van der Waals surface area (Å²) in [4.78, 5) is 26.7. The van der Waals surface area contributed by atoms with Gasteiger partial charge in [0.05, 0.1) is 37.2 Å². The van der Waals surface area contributed by atoms with Crippen molar-refractivity contribution < 1.29 is 18.7 Å². The van der Waals surface area contributed by atoms with Crippen LogP contribution in [-0.4, -0.2) is 78.9 Å². The van der Waals surface area contributed by atoms with Crippen molar-refractivity contribution >= 4 is 22.8 Å². The Bertz CT molecular complexity index is 1880. The Hall–Kier alpha value is -4.86. The Labute approximate surface area is 272 Å². The van der Waals surface area contributed by atoms with Crippen LogP contribution in [0.2, 0.25) is 0 Å². The summed E-state index contributed by atoms with van der Waals surface area (Å²) in [6.07, 6.45) is 6.90. The largest absolute Gasteiger partial charge is 0.457 e. The molecule has 11 nitrogen and oxygen atoms in total. The van der Waals surface area contributed by atoms with E-state index < -0.39 is 11.4 Å². The topological polar surface area (TPSA) is 135 Å². The number of nitrogen functional groups attached to an aromatic ring is 1. The molecular weight excluding hydrogens is 599 g/mol. The molecule has 47 heavy (non-hydrogen) atoms. The number of anilines is 1. The predicted octanol–water partition coefficient (Wildman–Crippen LogP) is 5.09. The summed E-state index contributed by atoms with van der Waals surface area (Å²) in [5.74, 6) is 0.277. The smallest absolute Gasteiger partial charge is 0.264 e.